The summed E-state index contributed by atoms with van der Waals surface area (Å²) in [4.78, 5) is 11.7. The Morgan fingerprint density at radius 3 is 2.32 bits per heavy atom. The average molecular weight is 339 g/mol. The third-order valence-corrected chi connectivity index (χ3v) is 3.91. The van der Waals surface area contributed by atoms with Crippen molar-refractivity contribution < 1.29 is 27.2 Å². The van der Waals surface area contributed by atoms with Crippen LogP contribution in [-0.2, 0) is 15.3 Å². The Bertz CT molecular complexity index is 487. The fraction of sp³-hybridized carbons (Fsp3) is 0.714. The molecule has 0 saturated heterocycles. The lowest BCUT2D eigenvalue weighted by Crippen LogP contribution is -2.44. The lowest BCUT2D eigenvalue weighted by Gasteiger charge is -2.31. The molecular weight excluding hydrogens is 319 g/mol. The maximum atomic E-state index is 12.9. The number of aromatic nitrogens is 1. The van der Waals surface area contributed by atoms with Gasteiger partial charge in [0, 0.05) is 16.7 Å². The van der Waals surface area contributed by atoms with Crippen LogP contribution in [0.15, 0.2) is 4.52 Å². The molecule has 0 aliphatic heterocycles. The Labute approximate surface area is 131 Å². The summed E-state index contributed by atoms with van der Waals surface area (Å²) in [6, 6.07) is 0. The van der Waals surface area contributed by atoms with Crippen LogP contribution in [0.5, 0.6) is 0 Å². The highest BCUT2D eigenvalue weighted by Gasteiger charge is 2.49. The van der Waals surface area contributed by atoms with E-state index in [0.29, 0.717) is 17.2 Å². The number of carbonyl (C=O) groups excluding carboxylic acids is 1. The molecule has 22 heavy (non-hydrogen) atoms. The molecule has 0 amide bonds. The summed E-state index contributed by atoms with van der Waals surface area (Å²) < 4.78 is 48.4. The van der Waals surface area contributed by atoms with Crippen LogP contribution in [0.2, 0.25) is 0 Å². The summed E-state index contributed by atoms with van der Waals surface area (Å²) in [5.74, 6) is 0.0325. The van der Waals surface area contributed by atoms with Crippen molar-refractivity contribution in [1.29, 1.82) is 0 Å². The minimum Gasteiger partial charge on any atom is -0.451 e. The summed E-state index contributed by atoms with van der Waals surface area (Å²) in [5, 5.41) is 3.77. The van der Waals surface area contributed by atoms with Gasteiger partial charge < -0.3 is 9.26 Å². The number of carbonyl (C=O) groups is 1. The molecule has 0 radical (unpaired) electrons. The normalized spacial score (nSPS) is 14.0. The molecule has 1 atom stereocenters. The molecule has 0 aliphatic carbocycles. The zero-order valence-electron chi connectivity index (χ0n) is 13.2. The molecule has 1 aromatic heterocycles. The maximum absolute atomic E-state index is 12.9. The predicted octanol–water partition coefficient (Wildman–Crippen LogP) is 4.04. The number of esters is 1. The zero-order valence-corrected chi connectivity index (χ0v) is 14.0. The first kappa shape index (κ1) is 18.9. The van der Waals surface area contributed by atoms with Gasteiger partial charge in [0.1, 0.15) is 5.76 Å². The summed E-state index contributed by atoms with van der Waals surface area (Å²) >= 11 is 1.17. The van der Waals surface area contributed by atoms with E-state index >= 15 is 0 Å². The van der Waals surface area contributed by atoms with E-state index in [1.165, 1.54) is 32.5 Å². The molecule has 4 nitrogen and oxygen atoms in total. The molecule has 1 rings (SSSR count). The lowest BCUT2D eigenvalue weighted by atomic mass is 9.88. The number of nitrogens with zero attached hydrogens (tertiary/aromatic N) is 1. The van der Waals surface area contributed by atoms with Crippen molar-refractivity contribution in [1.82, 2.24) is 5.16 Å². The van der Waals surface area contributed by atoms with E-state index in [-0.39, 0.29) is 5.75 Å². The van der Waals surface area contributed by atoms with Crippen LogP contribution in [0.3, 0.4) is 0 Å². The van der Waals surface area contributed by atoms with Crippen LogP contribution in [0.25, 0.3) is 0 Å². The Morgan fingerprint density at radius 2 is 1.91 bits per heavy atom. The Hall–Kier alpha value is -1.18. The van der Waals surface area contributed by atoms with Crippen LogP contribution < -0.4 is 0 Å². The maximum Gasteiger partial charge on any atom is 0.426 e. The number of alkyl halides is 3. The molecule has 0 aromatic carbocycles. The highest BCUT2D eigenvalue weighted by atomic mass is 32.2. The van der Waals surface area contributed by atoms with Crippen LogP contribution in [0.1, 0.15) is 37.8 Å². The van der Waals surface area contributed by atoms with Crippen molar-refractivity contribution in [2.45, 2.75) is 52.7 Å². The van der Waals surface area contributed by atoms with Gasteiger partial charge in [-0.3, -0.25) is 4.79 Å². The fourth-order valence-corrected chi connectivity index (χ4v) is 2.80. The van der Waals surface area contributed by atoms with E-state index in [0.717, 1.165) is 5.56 Å². The van der Waals surface area contributed by atoms with Crippen LogP contribution in [0.4, 0.5) is 13.2 Å². The summed E-state index contributed by atoms with van der Waals surface area (Å²) in [5.41, 5.74) is 0.350. The Morgan fingerprint density at radius 1 is 1.32 bits per heavy atom. The molecule has 0 spiro atoms. The topological polar surface area (TPSA) is 52.3 Å². The first-order valence-corrected chi connectivity index (χ1v) is 7.84. The Balaban J connectivity index is 2.55. The highest BCUT2D eigenvalue weighted by Crippen LogP contribution is 2.36. The van der Waals surface area contributed by atoms with Crippen molar-refractivity contribution in [3.8, 4) is 0 Å². The lowest BCUT2D eigenvalue weighted by molar-refractivity contribution is -0.243. The molecule has 0 N–H and O–H groups in total. The van der Waals surface area contributed by atoms with Gasteiger partial charge in [-0.15, -0.1) is 11.8 Å². The molecule has 0 saturated carbocycles. The van der Waals surface area contributed by atoms with Crippen LogP contribution in [0, 0.1) is 19.3 Å². The smallest absolute Gasteiger partial charge is 0.426 e. The van der Waals surface area contributed by atoms with E-state index < -0.39 is 23.7 Å². The van der Waals surface area contributed by atoms with Crippen molar-refractivity contribution in [3.63, 3.8) is 0 Å². The van der Waals surface area contributed by atoms with Gasteiger partial charge in [0.15, 0.2) is 0 Å². The van der Waals surface area contributed by atoms with Gasteiger partial charge in [-0.25, -0.2) is 0 Å². The van der Waals surface area contributed by atoms with E-state index in [9.17, 15) is 18.0 Å². The molecule has 8 heteroatoms. The first-order chi connectivity index (χ1) is 9.93. The third kappa shape index (κ3) is 5.23. The monoisotopic (exact) mass is 339 g/mol. The number of thioether (sulfide) groups is 1. The average Bonchev–Trinajstić information content (AvgIpc) is 2.64. The van der Waals surface area contributed by atoms with E-state index in [2.05, 4.69) is 9.89 Å². The molecule has 126 valence electrons. The zero-order chi connectivity index (χ0) is 17.1. The number of halogens is 3. The van der Waals surface area contributed by atoms with Crippen LogP contribution >= 0.6 is 11.8 Å². The van der Waals surface area contributed by atoms with Crippen molar-refractivity contribution >= 4 is 17.7 Å². The molecule has 0 aliphatic rings. The standard InChI is InChI=1S/C14H20F3NO3S/c1-8-10(9(2)21-18-8)6-22-7-11(19)20-12(13(3,4)5)14(15,16)17/h12H,6-7H2,1-5H3/t12-/m0/s1. The van der Waals surface area contributed by atoms with Gasteiger partial charge in [0.2, 0.25) is 6.10 Å². The largest absolute Gasteiger partial charge is 0.451 e. The van der Waals surface area contributed by atoms with Crippen molar-refractivity contribution in [3.05, 3.63) is 17.0 Å². The van der Waals surface area contributed by atoms with E-state index in [1.54, 1.807) is 13.8 Å². The van der Waals surface area contributed by atoms with Gasteiger partial charge in [-0.2, -0.15) is 13.2 Å². The van der Waals surface area contributed by atoms with Gasteiger partial charge in [-0.1, -0.05) is 25.9 Å². The second kappa shape index (κ2) is 6.93. The molecule has 0 fully saturated rings. The van der Waals surface area contributed by atoms with E-state index in [1.807, 2.05) is 0 Å². The highest BCUT2D eigenvalue weighted by molar-refractivity contribution is 7.99. The second-order valence-electron chi connectivity index (χ2n) is 6.07. The first-order valence-electron chi connectivity index (χ1n) is 6.68. The molecular formula is C14H20F3NO3S. The molecule has 0 unspecified atom stereocenters. The quantitative estimate of drug-likeness (QED) is 0.758. The van der Waals surface area contributed by atoms with Crippen LogP contribution in [-0.4, -0.2) is 29.2 Å². The minimum absolute atomic E-state index is 0.160. The predicted molar refractivity (Wildman–Crippen MR) is 77.5 cm³/mol. The molecule has 0 bridgehead atoms. The number of aryl methyl sites for hydroxylation is 2. The SMILES string of the molecule is Cc1noc(C)c1CSCC(=O)O[C@@H](C(C)(C)C)C(F)(F)F. The Kier molecular flexibility index (Phi) is 5.95. The fourth-order valence-electron chi connectivity index (χ4n) is 1.84. The number of hydrogen-bond donors (Lipinski definition) is 0. The van der Waals surface area contributed by atoms with Crippen molar-refractivity contribution in [2.24, 2.45) is 5.41 Å². The van der Waals surface area contributed by atoms with Gasteiger partial charge >= 0.3 is 12.1 Å². The number of rotatable bonds is 5. The molecule has 1 heterocycles. The van der Waals surface area contributed by atoms with Gasteiger partial charge in [0.25, 0.3) is 0 Å². The summed E-state index contributed by atoms with van der Waals surface area (Å²) in [6.07, 6.45) is -6.70. The third-order valence-electron chi connectivity index (χ3n) is 2.98. The minimum atomic E-state index is -4.58. The van der Waals surface area contributed by atoms with Crippen molar-refractivity contribution in [2.75, 3.05) is 5.75 Å². The second-order valence-corrected chi connectivity index (χ2v) is 7.06. The van der Waals surface area contributed by atoms with Gasteiger partial charge in [0.05, 0.1) is 11.4 Å². The van der Waals surface area contributed by atoms with Gasteiger partial charge in [-0.05, 0) is 13.8 Å². The van der Waals surface area contributed by atoms with E-state index in [4.69, 9.17) is 4.52 Å². The summed E-state index contributed by atoms with van der Waals surface area (Å²) in [7, 11) is 0. The number of hydrogen-bond acceptors (Lipinski definition) is 5. The molecule has 1 aromatic rings. The number of ether oxygens (including phenoxy) is 1. The summed E-state index contributed by atoms with van der Waals surface area (Å²) in [6.45, 7) is 7.66.